The highest BCUT2D eigenvalue weighted by molar-refractivity contribution is 5.09. The quantitative estimate of drug-likeness (QED) is 0.808. The van der Waals surface area contributed by atoms with Gasteiger partial charge in [0.1, 0.15) is 5.60 Å². The van der Waals surface area contributed by atoms with Crippen LogP contribution in [-0.2, 0) is 11.8 Å². The maximum absolute atomic E-state index is 10.4. The first-order chi connectivity index (χ1) is 8.01. The number of hydrogen-bond donors (Lipinski definition) is 2. The van der Waals surface area contributed by atoms with Crippen molar-refractivity contribution in [3.63, 3.8) is 0 Å². The molecule has 1 aliphatic rings. The van der Waals surface area contributed by atoms with Crippen LogP contribution in [0.4, 0.5) is 0 Å². The summed E-state index contributed by atoms with van der Waals surface area (Å²) < 4.78 is 7.19. The first kappa shape index (κ1) is 12.5. The molecule has 17 heavy (non-hydrogen) atoms. The molecule has 0 saturated carbocycles. The van der Waals surface area contributed by atoms with E-state index in [0.29, 0.717) is 19.6 Å². The summed E-state index contributed by atoms with van der Waals surface area (Å²) in [4.78, 5) is 0. The topological polar surface area (TPSA) is 59.3 Å². The molecule has 5 nitrogen and oxygen atoms in total. The van der Waals surface area contributed by atoms with E-state index in [1.807, 2.05) is 26.4 Å². The maximum Gasteiger partial charge on any atom is 0.105 e. The molecule has 1 saturated heterocycles. The van der Waals surface area contributed by atoms with Crippen molar-refractivity contribution in [2.75, 3.05) is 13.2 Å². The molecule has 3 atom stereocenters. The van der Waals surface area contributed by atoms with Gasteiger partial charge in [-0.2, -0.15) is 5.10 Å². The summed E-state index contributed by atoms with van der Waals surface area (Å²) in [6.07, 6.45) is 4.42. The van der Waals surface area contributed by atoms with Crippen molar-refractivity contribution in [3.05, 3.63) is 18.0 Å². The molecule has 0 aromatic carbocycles. The Bertz CT molecular complexity index is 380. The molecule has 96 valence electrons. The van der Waals surface area contributed by atoms with E-state index in [2.05, 4.69) is 17.3 Å². The fourth-order valence-electron chi connectivity index (χ4n) is 2.11. The third-order valence-electron chi connectivity index (χ3n) is 3.60. The van der Waals surface area contributed by atoms with E-state index in [9.17, 15) is 5.11 Å². The first-order valence-corrected chi connectivity index (χ1v) is 6.07. The molecule has 5 heteroatoms. The molecule has 0 radical (unpaired) electrons. The summed E-state index contributed by atoms with van der Waals surface area (Å²) in [5.41, 5.74) is 0.388. The minimum absolute atomic E-state index is 0.101. The third kappa shape index (κ3) is 2.68. The third-order valence-corrected chi connectivity index (χ3v) is 3.60. The number of aromatic nitrogens is 2. The highest BCUT2D eigenvalue weighted by atomic mass is 16.5. The smallest absolute Gasteiger partial charge is 0.105 e. The molecule has 0 spiro atoms. The van der Waals surface area contributed by atoms with Crippen molar-refractivity contribution < 1.29 is 9.84 Å². The molecule has 2 rings (SSSR count). The summed E-state index contributed by atoms with van der Waals surface area (Å²) in [7, 11) is 1.90. The summed E-state index contributed by atoms with van der Waals surface area (Å²) in [6, 6.07) is 0.181. The lowest BCUT2D eigenvalue weighted by Crippen LogP contribution is -2.46. The Kier molecular flexibility index (Phi) is 3.51. The van der Waals surface area contributed by atoms with Crippen molar-refractivity contribution in [2.24, 2.45) is 7.05 Å². The number of nitrogens with one attached hydrogen (secondary N) is 1. The SMILES string of the molecule is CC(NCC1(O)CCOC1C)c1cnn(C)c1. The van der Waals surface area contributed by atoms with Gasteiger partial charge in [0.15, 0.2) is 0 Å². The average molecular weight is 239 g/mol. The van der Waals surface area contributed by atoms with Gasteiger partial charge in [-0.15, -0.1) is 0 Å². The van der Waals surface area contributed by atoms with Gasteiger partial charge in [-0.25, -0.2) is 0 Å². The Balaban J connectivity index is 1.90. The zero-order valence-corrected chi connectivity index (χ0v) is 10.7. The van der Waals surface area contributed by atoms with Crippen molar-refractivity contribution in [1.29, 1.82) is 0 Å². The predicted octanol–water partition coefficient (Wildman–Crippen LogP) is 0.611. The monoisotopic (exact) mass is 239 g/mol. The fraction of sp³-hybridized carbons (Fsp3) is 0.750. The van der Waals surface area contributed by atoms with E-state index in [1.54, 1.807) is 4.68 Å². The van der Waals surface area contributed by atoms with Crippen LogP contribution in [0.3, 0.4) is 0 Å². The molecule has 2 heterocycles. The van der Waals surface area contributed by atoms with Gasteiger partial charge in [-0.1, -0.05) is 0 Å². The molecule has 1 aromatic rings. The van der Waals surface area contributed by atoms with Crippen LogP contribution in [0.5, 0.6) is 0 Å². The van der Waals surface area contributed by atoms with Crippen molar-refractivity contribution >= 4 is 0 Å². The van der Waals surface area contributed by atoms with Gasteiger partial charge in [0.25, 0.3) is 0 Å². The number of nitrogens with zero attached hydrogens (tertiary/aromatic N) is 2. The summed E-state index contributed by atoms with van der Waals surface area (Å²) in [6.45, 7) is 5.18. The van der Waals surface area contributed by atoms with Gasteiger partial charge >= 0.3 is 0 Å². The Hall–Kier alpha value is -0.910. The van der Waals surface area contributed by atoms with Crippen molar-refractivity contribution in [3.8, 4) is 0 Å². The number of aliphatic hydroxyl groups is 1. The minimum atomic E-state index is -0.740. The molecule has 1 aromatic heterocycles. The minimum Gasteiger partial charge on any atom is -0.386 e. The molecule has 0 bridgehead atoms. The first-order valence-electron chi connectivity index (χ1n) is 6.07. The second kappa shape index (κ2) is 4.76. The van der Waals surface area contributed by atoms with Crippen molar-refractivity contribution in [1.82, 2.24) is 15.1 Å². The Morgan fingerprint density at radius 2 is 2.53 bits per heavy atom. The van der Waals surface area contributed by atoms with E-state index in [1.165, 1.54) is 0 Å². The Labute approximate surface area is 102 Å². The van der Waals surface area contributed by atoms with E-state index < -0.39 is 5.60 Å². The predicted molar refractivity (Wildman–Crippen MR) is 64.6 cm³/mol. The molecule has 1 fully saturated rings. The van der Waals surface area contributed by atoms with Gasteiger partial charge in [0.05, 0.1) is 12.3 Å². The van der Waals surface area contributed by atoms with Crippen LogP contribution in [0.2, 0.25) is 0 Å². The zero-order chi connectivity index (χ0) is 12.5. The van der Waals surface area contributed by atoms with Crippen LogP contribution in [0.15, 0.2) is 12.4 Å². The lowest BCUT2D eigenvalue weighted by molar-refractivity contribution is -0.0274. The van der Waals surface area contributed by atoms with Gasteiger partial charge < -0.3 is 15.2 Å². The van der Waals surface area contributed by atoms with E-state index in [4.69, 9.17) is 4.74 Å². The van der Waals surface area contributed by atoms with Gasteiger partial charge in [-0.05, 0) is 13.8 Å². The molecule has 3 unspecified atom stereocenters. The Morgan fingerprint density at radius 3 is 3.06 bits per heavy atom. The van der Waals surface area contributed by atoms with Crippen LogP contribution < -0.4 is 5.32 Å². The van der Waals surface area contributed by atoms with Crippen LogP contribution in [-0.4, -0.2) is 39.7 Å². The summed E-state index contributed by atoms with van der Waals surface area (Å²) >= 11 is 0. The van der Waals surface area contributed by atoms with Crippen LogP contribution >= 0.6 is 0 Å². The second-order valence-electron chi connectivity index (χ2n) is 4.92. The number of hydrogen-bond acceptors (Lipinski definition) is 4. The normalized spacial score (nSPS) is 30.7. The fourth-order valence-corrected chi connectivity index (χ4v) is 2.11. The number of rotatable bonds is 4. The van der Waals surface area contributed by atoms with E-state index in [0.717, 1.165) is 5.56 Å². The lowest BCUT2D eigenvalue weighted by Gasteiger charge is -2.28. The highest BCUT2D eigenvalue weighted by Gasteiger charge is 2.39. The highest BCUT2D eigenvalue weighted by Crippen LogP contribution is 2.25. The molecule has 0 amide bonds. The van der Waals surface area contributed by atoms with Crippen LogP contribution in [0.25, 0.3) is 0 Å². The van der Waals surface area contributed by atoms with Gasteiger partial charge in [0.2, 0.25) is 0 Å². The Morgan fingerprint density at radius 1 is 1.76 bits per heavy atom. The van der Waals surface area contributed by atoms with E-state index >= 15 is 0 Å². The van der Waals surface area contributed by atoms with Crippen LogP contribution in [0.1, 0.15) is 31.9 Å². The largest absolute Gasteiger partial charge is 0.386 e. The van der Waals surface area contributed by atoms with Gasteiger partial charge in [0, 0.05) is 44.4 Å². The lowest BCUT2D eigenvalue weighted by atomic mass is 9.96. The summed E-state index contributed by atoms with van der Waals surface area (Å²) in [5, 5.41) is 17.8. The zero-order valence-electron chi connectivity index (χ0n) is 10.7. The average Bonchev–Trinajstić information content (AvgIpc) is 2.84. The number of aryl methyl sites for hydroxylation is 1. The molecule has 2 N–H and O–H groups in total. The second-order valence-corrected chi connectivity index (χ2v) is 4.92. The van der Waals surface area contributed by atoms with E-state index in [-0.39, 0.29) is 12.1 Å². The molecule has 0 aliphatic carbocycles. The van der Waals surface area contributed by atoms with Gasteiger partial charge in [-0.3, -0.25) is 4.68 Å². The van der Waals surface area contributed by atoms with Crippen molar-refractivity contribution in [2.45, 2.75) is 38.0 Å². The van der Waals surface area contributed by atoms with Crippen LogP contribution in [0, 0.1) is 0 Å². The molecular formula is C12H21N3O2. The maximum atomic E-state index is 10.4. The molecule has 1 aliphatic heterocycles. The standard InChI is InChI=1S/C12H21N3O2/c1-9(11-6-14-15(3)7-11)13-8-12(16)4-5-17-10(12)2/h6-7,9-10,13,16H,4-5,8H2,1-3H3. The number of ether oxygens (including phenoxy) is 1. The summed E-state index contributed by atoms with van der Waals surface area (Å²) in [5.74, 6) is 0. The molecular weight excluding hydrogens is 218 g/mol.